The summed E-state index contributed by atoms with van der Waals surface area (Å²) in [5.41, 5.74) is 0. The van der Waals surface area contributed by atoms with Crippen LogP contribution in [-0.4, -0.2) is 70.6 Å². The third-order valence-corrected chi connectivity index (χ3v) is 4.91. The molecule has 0 radical (unpaired) electrons. The van der Waals surface area contributed by atoms with Crippen molar-refractivity contribution in [2.75, 3.05) is 39.3 Å². The quantitative estimate of drug-likeness (QED) is 0.860. The van der Waals surface area contributed by atoms with Gasteiger partial charge in [-0.25, -0.2) is 4.98 Å². The smallest absolute Gasteiger partial charge is 0.223 e. The number of imidazole rings is 1. The van der Waals surface area contributed by atoms with Crippen LogP contribution in [0.4, 0.5) is 0 Å². The first-order valence-corrected chi connectivity index (χ1v) is 8.44. The van der Waals surface area contributed by atoms with Crippen LogP contribution in [0.25, 0.3) is 0 Å². The molecule has 0 aromatic carbocycles. The van der Waals surface area contributed by atoms with Crippen molar-refractivity contribution in [3.8, 4) is 0 Å². The molecule has 0 aliphatic carbocycles. The molecule has 2 fully saturated rings. The Hall–Kier alpha value is -1.40. The van der Waals surface area contributed by atoms with Crippen LogP contribution in [0.15, 0.2) is 12.4 Å². The zero-order valence-electron chi connectivity index (χ0n) is 13.5. The fraction of sp³-hybridized carbons (Fsp3) is 0.750. The Morgan fingerprint density at radius 3 is 2.91 bits per heavy atom. The number of rotatable bonds is 5. The highest BCUT2D eigenvalue weighted by molar-refractivity contribution is 5.76. The molecule has 6 nitrogen and oxygen atoms in total. The molecule has 0 saturated carbocycles. The number of hydrogen-bond donors (Lipinski definition) is 1. The van der Waals surface area contributed by atoms with E-state index >= 15 is 0 Å². The van der Waals surface area contributed by atoms with Gasteiger partial charge in [0.1, 0.15) is 5.82 Å². The van der Waals surface area contributed by atoms with Gasteiger partial charge in [0.15, 0.2) is 0 Å². The van der Waals surface area contributed by atoms with Crippen LogP contribution < -0.4 is 5.32 Å². The van der Waals surface area contributed by atoms with Crippen LogP contribution in [0.5, 0.6) is 0 Å². The molecule has 1 unspecified atom stereocenters. The molecule has 2 aliphatic rings. The number of nitrogens with zero attached hydrogens (tertiary/aromatic N) is 4. The zero-order valence-corrected chi connectivity index (χ0v) is 13.5. The fourth-order valence-corrected chi connectivity index (χ4v) is 3.53. The lowest BCUT2D eigenvalue weighted by molar-refractivity contribution is -0.132. The van der Waals surface area contributed by atoms with Gasteiger partial charge in [-0.15, -0.1) is 0 Å². The molecule has 3 heterocycles. The summed E-state index contributed by atoms with van der Waals surface area (Å²) in [5.74, 6) is 1.38. The molecule has 2 aliphatic heterocycles. The number of piperazine rings is 1. The number of likely N-dealkylation sites (tertiary alicyclic amines) is 1. The number of amides is 1. The van der Waals surface area contributed by atoms with E-state index in [2.05, 4.69) is 26.0 Å². The van der Waals surface area contributed by atoms with Crippen molar-refractivity contribution in [2.24, 2.45) is 0 Å². The van der Waals surface area contributed by atoms with Crippen LogP contribution in [0.1, 0.15) is 25.1 Å². The van der Waals surface area contributed by atoms with E-state index in [1.54, 1.807) is 0 Å². The van der Waals surface area contributed by atoms with Crippen LogP contribution in [0.2, 0.25) is 0 Å². The van der Waals surface area contributed by atoms with Gasteiger partial charge in [-0.2, -0.15) is 0 Å². The Morgan fingerprint density at radius 1 is 1.36 bits per heavy atom. The molecule has 1 aromatic heterocycles. The lowest BCUT2D eigenvalue weighted by atomic mass is 10.2. The number of carbonyl (C=O) groups is 1. The maximum absolute atomic E-state index is 12.3. The highest BCUT2D eigenvalue weighted by atomic mass is 16.2. The van der Waals surface area contributed by atoms with Crippen molar-refractivity contribution in [2.45, 2.75) is 38.8 Å². The maximum atomic E-state index is 12.3. The Balaban J connectivity index is 1.48. The average Bonchev–Trinajstić information content (AvgIpc) is 3.16. The highest BCUT2D eigenvalue weighted by Gasteiger charge is 2.26. The third kappa shape index (κ3) is 3.67. The SMILES string of the molecule is Cc1nccn1CC1CCCN1CCC(=O)N1CCNCC1. The van der Waals surface area contributed by atoms with E-state index < -0.39 is 0 Å². The van der Waals surface area contributed by atoms with Gasteiger partial charge in [0.05, 0.1) is 0 Å². The Morgan fingerprint density at radius 2 is 2.18 bits per heavy atom. The molecular formula is C16H27N5O. The molecule has 1 aromatic rings. The summed E-state index contributed by atoms with van der Waals surface area (Å²) in [7, 11) is 0. The summed E-state index contributed by atoms with van der Waals surface area (Å²) in [6, 6.07) is 0.545. The molecule has 1 amide bonds. The first-order valence-electron chi connectivity index (χ1n) is 8.44. The van der Waals surface area contributed by atoms with Crippen molar-refractivity contribution in [3.63, 3.8) is 0 Å². The first kappa shape index (κ1) is 15.5. The molecule has 0 bridgehead atoms. The minimum Gasteiger partial charge on any atom is -0.340 e. The fourth-order valence-electron chi connectivity index (χ4n) is 3.53. The molecule has 1 N–H and O–H groups in total. The van der Waals surface area contributed by atoms with Crippen molar-refractivity contribution in [3.05, 3.63) is 18.2 Å². The average molecular weight is 305 g/mol. The van der Waals surface area contributed by atoms with Crippen LogP contribution in [0, 0.1) is 6.92 Å². The Labute approximate surface area is 132 Å². The molecule has 1 atom stereocenters. The zero-order chi connectivity index (χ0) is 15.4. The van der Waals surface area contributed by atoms with Crippen molar-refractivity contribution in [1.82, 2.24) is 24.7 Å². The number of hydrogen-bond acceptors (Lipinski definition) is 4. The van der Waals surface area contributed by atoms with Gasteiger partial charge in [0.25, 0.3) is 0 Å². The Kier molecular flexibility index (Phi) is 5.10. The van der Waals surface area contributed by atoms with Crippen LogP contribution in [-0.2, 0) is 11.3 Å². The van der Waals surface area contributed by atoms with Crippen LogP contribution >= 0.6 is 0 Å². The van der Waals surface area contributed by atoms with E-state index in [9.17, 15) is 4.79 Å². The summed E-state index contributed by atoms with van der Waals surface area (Å²) < 4.78 is 2.22. The van der Waals surface area contributed by atoms with Gasteiger partial charge in [0.2, 0.25) is 5.91 Å². The normalized spacial score (nSPS) is 23.1. The molecule has 22 heavy (non-hydrogen) atoms. The number of aryl methyl sites for hydroxylation is 1. The van der Waals surface area contributed by atoms with E-state index in [0.29, 0.717) is 18.4 Å². The van der Waals surface area contributed by atoms with Gasteiger partial charge in [-0.3, -0.25) is 9.69 Å². The standard InChI is InChI=1S/C16H27N5O/c1-14-18-7-12-21(14)13-15-3-2-8-19(15)9-4-16(22)20-10-5-17-6-11-20/h7,12,15,17H,2-6,8-11,13H2,1H3. The van der Waals surface area contributed by atoms with Crippen molar-refractivity contribution >= 4 is 5.91 Å². The van der Waals surface area contributed by atoms with Gasteiger partial charge < -0.3 is 14.8 Å². The molecular weight excluding hydrogens is 278 g/mol. The molecule has 2 saturated heterocycles. The monoisotopic (exact) mass is 305 g/mol. The van der Waals surface area contributed by atoms with E-state index in [1.165, 1.54) is 12.8 Å². The minimum absolute atomic E-state index is 0.311. The summed E-state index contributed by atoms with van der Waals surface area (Å²) in [4.78, 5) is 21.1. The minimum atomic E-state index is 0.311. The third-order valence-electron chi connectivity index (χ3n) is 4.91. The second kappa shape index (κ2) is 7.24. The molecule has 6 heteroatoms. The Bertz CT molecular complexity index is 494. The lowest BCUT2D eigenvalue weighted by Gasteiger charge is -2.29. The van der Waals surface area contributed by atoms with Crippen molar-refractivity contribution in [1.29, 1.82) is 0 Å². The molecule has 0 spiro atoms. The van der Waals surface area contributed by atoms with E-state index in [0.717, 1.165) is 51.6 Å². The highest BCUT2D eigenvalue weighted by Crippen LogP contribution is 2.19. The summed E-state index contributed by atoms with van der Waals surface area (Å²) in [6.45, 7) is 8.62. The van der Waals surface area contributed by atoms with Crippen LogP contribution in [0.3, 0.4) is 0 Å². The number of aromatic nitrogens is 2. The van der Waals surface area contributed by atoms with Crippen molar-refractivity contribution < 1.29 is 4.79 Å². The lowest BCUT2D eigenvalue weighted by Crippen LogP contribution is -2.47. The van der Waals surface area contributed by atoms with E-state index in [1.807, 2.05) is 18.0 Å². The topological polar surface area (TPSA) is 53.4 Å². The summed E-state index contributed by atoms with van der Waals surface area (Å²) >= 11 is 0. The van der Waals surface area contributed by atoms with E-state index in [-0.39, 0.29) is 0 Å². The van der Waals surface area contributed by atoms with Gasteiger partial charge >= 0.3 is 0 Å². The first-order chi connectivity index (χ1) is 10.7. The second-order valence-electron chi connectivity index (χ2n) is 6.34. The molecule has 122 valence electrons. The second-order valence-corrected chi connectivity index (χ2v) is 6.34. The van der Waals surface area contributed by atoms with E-state index in [4.69, 9.17) is 0 Å². The number of carbonyl (C=O) groups excluding carboxylic acids is 1. The predicted octanol–water partition coefficient (Wildman–Crippen LogP) is 0.478. The van der Waals surface area contributed by atoms with Gasteiger partial charge in [-0.1, -0.05) is 0 Å². The summed E-state index contributed by atoms with van der Waals surface area (Å²) in [5, 5.41) is 3.29. The maximum Gasteiger partial charge on any atom is 0.223 e. The number of nitrogens with one attached hydrogen (secondary N) is 1. The largest absolute Gasteiger partial charge is 0.340 e. The summed E-state index contributed by atoms with van der Waals surface area (Å²) in [6.07, 6.45) is 7.03. The predicted molar refractivity (Wildman–Crippen MR) is 85.6 cm³/mol. The van der Waals surface area contributed by atoms with Gasteiger partial charge in [-0.05, 0) is 26.3 Å². The molecule has 3 rings (SSSR count). The van der Waals surface area contributed by atoms with Gasteiger partial charge in [0, 0.05) is 64.1 Å².